The summed E-state index contributed by atoms with van der Waals surface area (Å²) in [5.74, 6) is 0.743. The van der Waals surface area contributed by atoms with Crippen LogP contribution >= 0.6 is 11.8 Å². The molecule has 0 aliphatic rings. The Labute approximate surface area is 163 Å². The average Bonchev–Trinajstić information content (AvgIpc) is 3.01. The Kier molecular flexibility index (Phi) is 8.59. The molecule has 2 aromatic rings. The Bertz CT molecular complexity index is 737. The van der Waals surface area contributed by atoms with Crippen LogP contribution in [0.1, 0.15) is 27.7 Å². The van der Waals surface area contributed by atoms with Gasteiger partial charge in [-0.05, 0) is 13.8 Å². The van der Waals surface area contributed by atoms with Crippen molar-refractivity contribution in [1.82, 2.24) is 25.1 Å². The van der Waals surface area contributed by atoms with Gasteiger partial charge in [0.2, 0.25) is 0 Å². The number of fused-ring (bicyclic) bond motifs is 1. The van der Waals surface area contributed by atoms with Crippen molar-refractivity contribution in [2.45, 2.75) is 44.6 Å². The minimum Gasteiger partial charge on any atom is -0.450 e. The Morgan fingerprint density at radius 3 is 2.78 bits per heavy atom. The Morgan fingerprint density at radius 2 is 2.07 bits per heavy atom. The number of ether oxygens (including phenoxy) is 2. The van der Waals surface area contributed by atoms with Gasteiger partial charge in [0.1, 0.15) is 5.82 Å². The first-order valence-electron chi connectivity index (χ1n) is 9.17. The highest BCUT2D eigenvalue weighted by atomic mass is 32.2. The molecule has 1 amide bonds. The van der Waals surface area contributed by atoms with E-state index < -0.39 is 6.09 Å². The quantitative estimate of drug-likeness (QED) is 0.339. The van der Waals surface area contributed by atoms with Crippen LogP contribution in [-0.4, -0.2) is 64.0 Å². The number of carbonyl (C=O) groups is 1. The first kappa shape index (κ1) is 21.2. The summed E-state index contributed by atoms with van der Waals surface area (Å²) in [6.45, 7) is 11.1. The molecule has 0 saturated heterocycles. The lowest BCUT2D eigenvalue weighted by atomic mass is 10.4. The van der Waals surface area contributed by atoms with Crippen molar-refractivity contribution in [3.8, 4) is 0 Å². The Hall–Kier alpha value is -2.07. The van der Waals surface area contributed by atoms with Gasteiger partial charge >= 0.3 is 6.09 Å². The fourth-order valence-corrected chi connectivity index (χ4v) is 3.03. The number of thioether (sulfide) groups is 1. The van der Waals surface area contributed by atoms with E-state index in [0.29, 0.717) is 49.9 Å². The molecule has 2 heterocycles. The zero-order valence-electron chi connectivity index (χ0n) is 16.3. The molecule has 27 heavy (non-hydrogen) atoms. The third-order valence-corrected chi connectivity index (χ3v) is 4.29. The van der Waals surface area contributed by atoms with Gasteiger partial charge in [-0.3, -0.25) is 0 Å². The standard InChI is InChI=1S/C17H28N6O3S/c1-5-25-10-8-18-14-13-11-20-23(9-7-19-17(24)26-6-2)15(13)22-16(21-14)27-12(3)4/h11-12H,5-10H2,1-4H3,(H,19,24)(H,18,21,22). The zero-order chi connectivity index (χ0) is 19.6. The average molecular weight is 397 g/mol. The van der Waals surface area contributed by atoms with Crippen molar-refractivity contribution in [2.75, 3.05) is 38.2 Å². The molecule has 0 spiro atoms. The molecule has 0 aromatic carbocycles. The second-order valence-corrected chi connectivity index (χ2v) is 7.44. The number of nitrogens with zero attached hydrogens (tertiary/aromatic N) is 4. The molecule has 0 radical (unpaired) electrons. The molecule has 0 fully saturated rings. The molecular formula is C17H28N6O3S. The van der Waals surface area contributed by atoms with E-state index in [1.54, 1.807) is 29.6 Å². The third-order valence-electron chi connectivity index (χ3n) is 3.43. The van der Waals surface area contributed by atoms with E-state index in [0.717, 1.165) is 16.9 Å². The minimum absolute atomic E-state index is 0.344. The summed E-state index contributed by atoms with van der Waals surface area (Å²) in [6.07, 6.45) is 1.31. The van der Waals surface area contributed by atoms with Crippen molar-refractivity contribution in [3.63, 3.8) is 0 Å². The maximum Gasteiger partial charge on any atom is 0.407 e. The number of anilines is 1. The molecule has 0 bridgehead atoms. The van der Waals surface area contributed by atoms with E-state index >= 15 is 0 Å². The molecular weight excluding hydrogens is 368 g/mol. The first-order chi connectivity index (χ1) is 13.0. The van der Waals surface area contributed by atoms with Gasteiger partial charge in [0.25, 0.3) is 0 Å². The smallest absolute Gasteiger partial charge is 0.407 e. The van der Waals surface area contributed by atoms with Crippen LogP contribution in [0.2, 0.25) is 0 Å². The molecule has 2 rings (SSSR count). The number of amides is 1. The first-order valence-corrected chi connectivity index (χ1v) is 10.1. The van der Waals surface area contributed by atoms with Gasteiger partial charge in [0.15, 0.2) is 10.8 Å². The van der Waals surface area contributed by atoms with Crippen LogP contribution in [0.4, 0.5) is 10.6 Å². The van der Waals surface area contributed by atoms with Crippen LogP contribution in [0.25, 0.3) is 11.0 Å². The SMILES string of the molecule is CCOCCNc1nc(SC(C)C)nc2c1cnn2CCNC(=O)OCC. The number of hydrogen-bond acceptors (Lipinski definition) is 8. The molecule has 0 saturated carbocycles. The summed E-state index contributed by atoms with van der Waals surface area (Å²) in [5.41, 5.74) is 0.734. The van der Waals surface area contributed by atoms with Gasteiger partial charge in [0.05, 0.1) is 31.3 Å². The largest absolute Gasteiger partial charge is 0.450 e. The summed E-state index contributed by atoms with van der Waals surface area (Å²) in [7, 11) is 0. The molecule has 2 aromatic heterocycles. The fourth-order valence-electron chi connectivity index (χ4n) is 2.33. The molecule has 2 N–H and O–H groups in total. The predicted molar refractivity (Wildman–Crippen MR) is 106 cm³/mol. The van der Waals surface area contributed by atoms with Crippen molar-refractivity contribution in [3.05, 3.63) is 6.20 Å². The number of nitrogens with one attached hydrogen (secondary N) is 2. The summed E-state index contributed by atoms with van der Waals surface area (Å²) >= 11 is 1.59. The van der Waals surface area contributed by atoms with Crippen molar-refractivity contribution >= 4 is 34.7 Å². The molecule has 0 atom stereocenters. The van der Waals surface area contributed by atoms with Crippen molar-refractivity contribution in [1.29, 1.82) is 0 Å². The fraction of sp³-hybridized carbons (Fsp3) is 0.647. The molecule has 9 nitrogen and oxygen atoms in total. The second-order valence-electron chi connectivity index (χ2n) is 5.90. The Balaban J connectivity index is 2.17. The van der Waals surface area contributed by atoms with Crippen LogP contribution in [-0.2, 0) is 16.0 Å². The molecule has 150 valence electrons. The monoisotopic (exact) mass is 396 g/mol. The lowest BCUT2D eigenvalue weighted by Crippen LogP contribution is -2.28. The lowest BCUT2D eigenvalue weighted by molar-refractivity contribution is 0.152. The highest BCUT2D eigenvalue weighted by Gasteiger charge is 2.14. The van der Waals surface area contributed by atoms with E-state index in [4.69, 9.17) is 9.47 Å². The molecule has 10 heteroatoms. The lowest BCUT2D eigenvalue weighted by Gasteiger charge is -2.11. The number of aromatic nitrogens is 4. The van der Waals surface area contributed by atoms with Gasteiger partial charge in [-0.2, -0.15) is 5.10 Å². The van der Waals surface area contributed by atoms with Crippen LogP contribution < -0.4 is 10.6 Å². The van der Waals surface area contributed by atoms with Crippen LogP contribution in [0.3, 0.4) is 0 Å². The number of carbonyl (C=O) groups excluding carboxylic acids is 1. The molecule has 0 aliphatic heterocycles. The van der Waals surface area contributed by atoms with Gasteiger partial charge in [0, 0.05) is 24.9 Å². The molecule has 0 unspecified atom stereocenters. The van der Waals surface area contributed by atoms with Gasteiger partial charge < -0.3 is 20.1 Å². The van der Waals surface area contributed by atoms with Crippen molar-refractivity contribution < 1.29 is 14.3 Å². The predicted octanol–water partition coefficient (Wildman–Crippen LogP) is 2.52. The maximum absolute atomic E-state index is 11.4. The topological polar surface area (TPSA) is 103 Å². The van der Waals surface area contributed by atoms with Gasteiger partial charge in [-0.25, -0.2) is 19.4 Å². The van der Waals surface area contributed by atoms with E-state index in [9.17, 15) is 4.79 Å². The maximum atomic E-state index is 11.4. The normalized spacial score (nSPS) is 11.1. The zero-order valence-corrected chi connectivity index (χ0v) is 17.1. The van der Waals surface area contributed by atoms with Crippen LogP contribution in [0, 0.1) is 0 Å². The molecule has 0 aliphatic carbocycles. The Morgan fingerprint density at radius 1 is 1.26 bits per heavy atom. The van der Waals surface area contributed by atoms with Crippen molar-refractivity contribution in [2.24, 2.45) is 0 Å². The van der Waals surface area contributed by atoms with Gasteiger partial charge in [-0.15, -0.1) is 0 Å². The third kappa shape index (κ3) is 6.55. The summed E-state index contributed by atoms with van der Waals surface area (Å²) in [4.78, 5) is 20.7. The second kappa shape index (κ2) is 10.9. The highest BCUT2D eigenvalue weighted by Crippen LogP contribution is 2.26. The van der Waals surface area contributed by atoms with Crippen LogP contribution in [0.5, 0.6) is 0 Å². The summed E-state index contributed by atoms with van der Waals surface area (Å²) < 4.78 is 12.0. The van der Waals surface area contributed by atoms with E-state index in [1.807, 2.05) is 6.92 Å². The minimum atomic E-state index is -0.432. The van der Waals surface area contributed by atoms with E-state index in [2.05, 4.69) is 39.5 Å². The number of hydrogen-bond donors (Lipinski definition) is 2. The van der Waals surface area contributed by atoms with E-state index in [1.165, 1.54) is 0 Å². The van der Waals surface area contributed by atoms with Gasteiger partial charge in [-0.1, -0.05) is 25.6 Å². The summed E-state index contributed by atoms with van der Waals surface area (Å²) in [6, 6.07) is 0. The van der Waals surface area contributed by atoms with Crippen LogP contribution in [0.15, 0.2) is 11.4 Å². The number of rotatable bonds is 11. The highest BCUT2D eigenvalue weighted by molar-refractivity contribution is 7.99. The summed E-state index contributed by atoms with van der Waals surface area (Å²) in [5, 5.41) is 12.3. The van der Waals surface area contributed by atoms with E-state index in [-0.39, 0.29) is 0 Å². The number of alkyl carbamates (subject to hydrolysis) is 1.